The Morgan fingerprint density at radius 2 is 2.00 bits per heavy atom. The van der Waals surface area contributed by atoms with E-state index in [1.54, 1.807) is 0 Å². The molecule has 2 aromatic rings. The summed E-state index contributed by atoms with van der Waals surface area (Å²) in [4.78, 5) is 6.92. The molecule has 1 aliphatic heterocycles. The standard InChI is InChI=1S/C17H25N5O/c1-13-14(2)20-22(9-10-23)17(13)19-12-15-5-6-16(18-11-15)21-7-3-4-8-21/h5-6,11,19,23H,3-4,7-10,12H2,1-2H3. The molecular formula is C17H25N5O. The predicted octanol–water partition coefficient (Wildman–Crippen LogP) is 2.10. The Morgan fingerprint density at radius 3 is 2.65 bits per heavy atom. The van der Waals surface area contributed by atoms with Crippen LogP contribution in [-0.2, 0) is 13.1 Å². The van der Waals surface area contributed by atoms with Crippen LogP contribution in [0, 0.1) is 13.8 Å². The van der Waals surface area contributed by atoms with Crippen molar-refractivity contribution in [3.8, 4) is 0 Å². The summed E-state index contributed by atoms with van der Waals surface area (Å²) in [7, 11) is 0. The molecule has 6 nitrogen and oxygen atoms in total. The van der Waals surface area contributed by atoms with Crippen LogP contribution in [0.1, 0.15) is 29.7 Å². The van der Waals surface area contributed by atoms with Gasteiger partial charge >= 0.3 is 0 Å². The first-order valence-corrected chi connectivity index (χ1v) is 8.27. The van der Waals surface area contributed by atoms with Crippen molar-refractivity contribution in [1.82, 2.24) is 14.8 Å². The van der Waals surface area contributed by atoms with E-state index in [-0.39, 0.29) is 6.61 Å². The van der Waals surface area contributed by atoms with E-state index in [4.69, 9.17) is 5.11 Å². The van der Waals surface area contributed by atoms with Gasteiger partial charge in [0, 0.05) is 31.4 Å². The van der Waals surface area contributed by atoms with E-state index in [2.05, 4.69) is 32.4 Å². The maximum atomic E-state index is 9.16. The molecule has 0 unspecified atom stereocenters. The van der Waals surface area contributed by atoms with Gasteiger partial charge < -0.3 is 15.3 Å². The molecule has 1 aliphatic rings. The number of nitrogens with zero attached hydrogens (tertiary/aromatic N) is 4. The second kappa shape index (κ2) is 7.00. The fraction of sp³-hybridized carbons (Fsp3) is 0.529. The molecule has 1 fully saturated rings. The molecule has 2 N–H and O–H groups in total. The van der Waals surface area contributed by atoms with Gasteiger partial charge in [-0.2, -0.15) is 5.10 Å². The van der Waals surface area contributed by atoms with E-state index in [1.807, 2.05) is 24.7 Å². The van der Waals surface area contributed by atoms with Crippen molar-refractivity contribution in [2.75, 3.05) is 29.9 Å². The number of hydrogen-bond donors (Lipinski definition) is 2. The van der Waals surface area contributed by atoms with Crippen LogP contribution in [0.15, 0.2) is 18.3 Å². The van der Waals surface area contributed by atoms with E-state index in [0.29, 0.717) is 13.1 Å². The number of aliphatic hydroxyl groups is 1. The van der Waals surface area contributed by atoms with Crippen molar-refractivity contribution in [1.29, 1.82) is 0 Å². The lowest BCUT2D eigenvalue weighted by atomic mass is 10.2. The lowest BCUT2D eigenvalue weighted by molar-refractivity contribution is 0.270. The Bertz CT molecular complexity index is 644. The van der Waals surface area contributed by atoms with Gasteiger partial charge in [0.05, 0.1) is 18.8 Å². The van der Waals surface area contributed by atoms with E-state index in [0.717, 1.165) is 41.5 Å². The predicted molar refractivity (Wildman–Crippen MR) is 91.8 cm³/mol. The monoisotopic (exact) mass is 315 g/mol. The summed E-state index contributed by atoms with van der Waals surface area (Å²) in [6, 6.07) is 4.23. The van der Waals surface area contributed by atoms with Crippen LogP contribution in [-0.4, -0.2) is 39.6 Å². The second-order valence-corrected chi connectivity index (χ2v) is 6.08. The zero-order valence-electron chi connectivity index (χ0n) is 13.9. The molecule has 3 rings (SSSR count). The number of rotatable bonds is 6. The molecule has 0 bridgehead atoms. The van der Waals surface area contributed by atoms with Crippen LogP contribution < -0.4 is 10.2 Å². The zero-order valence-corrected chi connectivity index (χ0v) is 13.9. The number of aryl methyl sites for hydroxylation is 1. The molecule has 6 heteroatoms. The van der Waals surface area contributed by atoms with Crippen molar-refractivity contribution in [2.45, 2.75) is 39.8 Å². The number of anilines is 2. The van der Waals surface area contributed by atoms with Gasteiger partial charge in [0.2, 0.25) is 0 Å². The first-order valence-electron chi connectivity index (χ1n) is 8.27. The van der Waals surface area contributed by atoms with Crippen LogP contribution in [0.2, 0.25) is 0 Å². The van der Waals surface area contributed by atoms with Gasteiger partial charge in [-0.05, 0) is 38.3 Å². The maximum Gasteiger partial charge on any atom is 0.128 e. The van der Waals surface area contributed by atoms with Gasteiger partial charge in [-0.3, -0.25) is 0 Å². The highest BCUT2D eigenvalue weighted by molar-refractivity contribution is 5.47. The number of aliphatic hydroxyl groups excluding tert-OH is 1. The molecule has 1 saturated heterocycles. The zero-order chi connectivity index (χ0) is 16.2. The third-order valence-corrected chi connectivity index (χ3v) is 4.44. The summed E-state index contributed by atoms with van der Waals surface area (Å²) in [5.41, 5.74) is 3.25. The molecular weight excluding hydrogens is 290 g/mol. The molecule has 0 spiro atoms. The van der Waals surface area contributed by atoms with E-state index >= 15 is 0 Å². The fourth-order valence-corrected chi connectivity index (χ4v) is 2.99. The molecule has 0 atom stereocenters. The Hall–Kier alpha value is -2.08. The Kier molecular flexibility index (Phi) is 4.81. The fourth-order valence-electron chi connectivity index (χ4n) is 2.99. The van der Waals surface area contributed by atoms with Gasteiger partial charge in [-0.25, -0.2) is 9.67 Å². The summed E-state index contributed by atoms with van der Waals surface area (Å²) in [5, 5.41) is 17.0. The topological polar surface area (TPSA) is 66.2 Å². The van der Waals surface area contributed by atoms with E-state index in [9.17, 15) is 0 Å². The largest absolute Gasteiger partial charge is 0.394 e. The highest BCUT2D eigenvalue weighted by Crippen LogP contribution is 2.20. The summed E-state index contributed by atoms with van der Waals surface area (Å²) >= 11 is 0. The van der Waals surface area contributed by atoms with Crippen LogP contribution >= 0.6 is 0 Å². The number of nitrogens with one attached hydrogen (secondary N) is 1. The first kappa shape index (κ1) is 15.8. The lowest BCUT2D eigenvalue weighted by Crippen LogP contribution is -2.18. The van der Waals surface area contributed by atoms with Crippen molar-refractivity contribution in [2.24, 2.45) is 0 Å². The Balaban J connectivity index is 1.66. The number of hydrogen-bond acceptors (Lipinski definition) is 5. The van der Waals surface area contributed by atoms with Crippen molar-refractivity contribution in [3.05, 3.63) is 35.2 Å². The third-order valence-electron chi connectivity index (χ3n) is 4.44. The quantitative estimate of drug-likeness (QED) is 0.854. The van der Waals surface area contributed by atoms with Crippen LogP contribution in [0.4, 0.5) is 11.6 Å². The number of aromatic nitrogens is 3. The first-order chi connectivity index (χ1) is 11.2. The molecule has 23 heavy (non-hydrogen) atoms. The summed E-state index contributed by atoms with van der Waals surface area (Å²) in [5.74, 6) is 2.05. The minimum atomic E-state index is 0.0847. The van der Waals surface area contributed by atoms with Crippen LogP contribution in [0.3, 0.4) is 0 Å². The summed E-state index contributed by atoms with van der Waals surface area (Å²) < 4.78 is 1.83. The average Bonchev–Trinajstić information content (AvgIpc) is 3.17. The molecule has 2 aromatic heterocycles. The molecule has 0 amide bonds. The van der Waals surface area contributed by atoms with Crippen LogP contribution in [0.25, 0.3) is 0 Å². The molecule has 0 aliphatic carbocycles. The van der Waals surface area contributed by atoms with Crippen molar-refractivity contribution < 1.29 is 5.11 Å². The van der Waals surface area contributed by atoms with Gasteiger partial charge in [0.15, 0.2) is 0 Å². The van der Waals surface area contributed by atoms with Gasteiger partial charge in [-0.15, -0.1) is 0 Å². The second-order valence-electron chi connectivity index (χ2n) is 6.08. The van der Waals surface area contributed by atoms with Crippen molar-refractivity contribution >= 4 is 11.6 Å². The molecule has 124 valence electrons. The molecule has 0 radical (unpaired) electrons. The normalized spacial score (nSPS) is 14.5. The highest BCUT2D eigenvalue weighted by atomic mass is 16.3. The van der Waals surface area contributed by atoms with E-state index in [1.165, 1.54) is 12.8 Å². The summed E-state index contributed by atoms with van der Waals surface area (Å²) in [6.45, 7) is 7.55. The average molecular weight is 315 g/mol. The molecule has 0 saturated carbocycles. The summed E-state index contributed by atoms with van der Waals surface area (Å²) in [6.07, 6.45) is 4.46. The van der Waals surface area contributed by atoms with Crippen molar-refractivity contribution in [3.63, 3.8) is 0 Å². The third kappa shape index (κ3) is 3.47. The maximum absolute atomic E-state index is 9.16. The lowest BCUT2D eigenvalue weighted by Gasteiger charge is -2.16. The SMILES string of the molecule is Cc1nn(CCO)c(NCc2ccc(N3CCCC3)nc2)c1C. The number of pyridine rings is 1. The van der Waals surface area contributed by atoms with Gasteiger partial charge in [0.25, 0.3) is 0 Å². The van der Waals surface area contributed by atoms with E-state index < -0.39 is 0 Å². The minimum absolute atomic E-state index is 0.0847. The van der Waals surface area contributed by atoms with Gasteiger partial charge in [0.1, 0.15) is 11.6 Å². The van der Waals surface area contributed by atoms with Gasteiger partial charge in [-0.1, -0.05) is 6.07 Å². The smallest absolute Gasteiger partial charge is 0.128 e. The Labute approximate surface area is 137 Å². The highest BCUT2D eigenvalue weighted by Gasteiger charge is 2.14. The molecule has 0 aromatic carbocycles. The van der Waals surface area contributed by atoms with Crippen LogP contribution in [0.5, 0.6) is 0 Å². The Morgan fingerprint density at radius 1 is 1.22 bits per heavy atom. The molecule has 3 heterocycles. The minimum Gasteiger partial charge on any atom is -0.394 e.